The van der Waals surface area contributed by atoms with E-state index in [1.165, 1.54) is 4.90 Å². The first-order chi connectivity index (χ1) is 13.9. The fourth-order valence-corrected chi connectivity index (χ4v) is 4.07. The number of carbonyl (C=O) groups excluding carboxylic acids is 4. The van der Waals surface area contributed by atoms with Crippen LogP contribution >= 0.6 is 0 Å². The van der Waals surface area contributed by atoms with Crippen LogP contribution in [0.4, 0.5) is 5.69 Å². The second-order valence-corrected chi connectivity index (χ2v) is 7.95. The minimum atomic E-state index is -0.329. The lowest BCUT2D eigenvalue weighted by atomic mass is 9.81. The average Bonchev–Trinajstić information content (AvgIpc) is 2.97. The number of hydrogen-bond donors (Lipinski definition) is 2. The molecule has 1 saturated heterocycles. The number of para-hydroxylation sites is 1. The second-order valence-electron chi connectivity index (χ2n) is 7.95. The summed E-state index contributed by atoms with van der Waals surface area (Å²) in [6, 6.07) is 6.84. The van der Waals surface area contributed by atoms with Crippen molar-refractivity contribution in [3.8, 4) is 0 Å². The van der Waals surface area contributed by atoms with Crippen molar-refractivity contribution in [2.75, 3.05) is 11.9 Å². The number of fused-ring (bicyclic) bond motifs is 1. The van der Waals surface area contributed by atoms with E-state index in [4.69, 9.17) is 0 Å². The Balaban J connectivity index is 1.60. The van der Waals surface area contributed by atoms with Gasteiger partial charge in [0.25, 0.3) is 5.91 Å². The fraction of sp³-hybridized carbons (Fsp3) is 0.545. The number of nitrogens with one attached hydrogen (secondary N) is 2. The van der Waals surface area contributed by atoms with Gasteiger partial charge in [-0.15, -0.1) is 0 Å². The third-order valence-electron chi connectivity index (χ3n) is 5.93. The molecule has 1 aliphatic carbocycles. The highest BCUT2D eigenvalue weighted by Crippen LogP contribution is 2.38. The number of hydrogen-bond acceptors (Lipinski definition) is 4. The molecule has 7 heteroatoms. The Bertz CT molecular complexity index is 783. The van der Waals surface area contributed by atoms with Crippen LogP contribution in [0.1, 0.15) is 62.7 Å². The molecule has 2 fully saturated rings. The van der Waals surface area contributed by atoms with Gasteiger partial charge in [-0.05, 0) is 38.3 Å². The Morgan fingerprint density at radius 1 is 1.10 bits per heavy atom. The van der Waals surface area contributed by atoms with E-state index in [0.29, 0.717) is 11.3 Å². The average molecular weight is 399 g/mol. The Morgan fingerprint density at radius 2 is 1.72 bits per heavy atom. The number of likely N-dealkylation sites (tertiary alicyclic amines) is 1. The van der Waals surface area contributed by atoms with Gasteiger partial charge in [-0.2, -0.15) is 0 Å². The Morgan fingerprint density at radius 3 is 2.34 bits per heavy atom. The first-order valence-corrected chi connectivity index (χ1v) is 10.5. The molecular formula is C22H29N3O4. The van der Waals surface area contributed by atoms with E-state index in [1.54, 1.807) is 24.3 Å². The smallest absolute Gasteiger partial charge is 0.253 e. The molecule has 1 heterocycles. The molecule has 0 bridgehead atoms. The Labute approximate surface area is 171 Å². The zero-order valence-corrected chi connectivity index (χ0v) is 17.1. The van der Waals surface area contributed by atoms with Crippen molar-refractivity contribution in [3.05, 3.63) is 29.8 Å². The first-order valence-electron chi connectivity index (χ1n) is 10.5. The molecule has 7 nitrogen and oxygen atoms in total. The molecule has 1 aliphatic heterocycles. The number of carbonyl (C=O) groups is 4. The molecule has 3 rings (SSSR count). The van der Waals surface area contributed by atoms with Gasteiger partial charge in [-0.3, -0.25) is 24.1 Å². The van der Waals surface area contributed by atoms with E-state index in [-0.39, 0.29) is 54.5 Å². The summed E-state index contributed by atoms with van der Waals surface area (Å²) < 4.78 is 0. The van der Waals surface area contributed by atoms with Gasteiger partial charge >= 0.3 is 0 Å². The van der Waals surface area contributed by atoms with Gasteiger partial charge in [-0.1, -0.05) is 31.9 Å². The SMILES string of the molecule is CC[C@H](C)NC(=O)c1ccccc1NC(=O)CCN1C(=O)[C@@H]2CCCC[C@H]2C1=O. The highest BCUT2D eigenvalue weighted by atomic mass is 16.2. The maximum absolute atomic E-state index is 12.5. The molecule has 0 unspecified atom stereocenters. The predicted molar refractivity (Wildman–Crippen MR) is 109 cm³/mol. The molecule has 1 aromatic rings. The van der Waals surface area contributed by atoms with Crippen molar-refractivity contribution in [2.45, 2.75) is 58.4 Å². The molecule has 156 valence electrons. The minimum Gasteiger partial charge on any atom is -0.350 e. The zero-order chi connectivity index (χ0) is 21.0. The standard InChI is InChI=1S/C22H29N3O4/c1-3-14(2)23-20(27)17-10-6-7-11-18(17)24-19(26)12-13-25-21(28)15-8-4-5-9-16(15)22(25)29/h6-7,10-11,14-16H,3-5,8-9,12-13H2,1-2H3,(H,23,27)(H,24,26)/t14-,15+,16+/m0/s1. The quantitative estimate of drug-likeness (QED) is 0.689. The summed E-state index contributed by atoms with van der Waals surface area (Å²) in [7, 11) is 0. The maximum Gasteiger partial charge on any atom is 0.253 e. The lowest BCUT2D eigenvalue weighted by Gasteiger charge is -2.19. The van der Waals surface area contributed by atoms with Gasteiger partial charge in [0.15, 0.2) is 0 Å². The maximum atomic E-state index is 12.5. The highest BCUT2D eigenvalue weighted by molar-refractivity contribution is 6.06. The van der Waals surface area contributed by atoms with Gasteiger partial charge in [0.1, 0.15) is 0 Å². The summed E-state index contributed by atoms with van der Waals surface area (Å²) in [6.45, 7) is 3.98. The topological polar surface area (TPSA) is 95.6 Å². The van der Waals surface area contributed by atoms with Crippen molar-refractivity contribution in [1.29, 1.82) is 0 Å². The normalized spacial score (nSPS) is 22.2. The minimum absolute atomic E-state index is 0.0121. The fourth-order valence-electron chi connectivity index (χ4n) is 4.07. The molecule has 4 amide bonds. The predicted octanol–water partition coefficient (Wildman–Crippen LogP) is 2.72. The first kappa shape index (κ1) is 21.0. The van der Waals surface area contributed by atoms with Crippen LogP contribution in [0.25, 0.3) is 0 Å². The summed E-state index contributed by atoms with van der Waals surface area (Å²) in [5, 5.41) is 5.64. The van der Waals surface area contributed by atoms with Crippen LogP contribution in [0.3, 0.4) is 0 Å². The highest BCUT2D eigenvalue weighted by Gasteiger charge is 2.47. The van der Waals surface area contributed by atoms with Crippen LogP contribution in [-0.2, 0) is 14.4 Å². The van der Waals surface area contributed by atoms with Crippen molar-refractivity contribution < 1.29 is 19.2 Å². The van der Waals surface area contributed by atoms with Crippen molar-refractivity contribution >= 4 is 29.3 Å². The molecule has 3 atom stereocenters. The van der Waals surface area contributed by atoms with E-state index < -0.39 is 0 Å². The van der Waals surface area contributed by atoms with Crippen molar-refractivity contribution in [3.63, 3.8) is 0 Å². The lowest BCUT2D eigenvalue weighted by Crippen LogP contribution is -2.34. The summed E-state index contributed by atoms with van der Waals surface area (Å²) in [4.78, 5) is 51.2. The molecule has 0 spiro atoms. The Hall–Kier alpha value is -2.70. The summed E-state index contributed by atoms with van der Waals surface area (Å²) >= 11 is 0. The van der Waals surface area contributed by atoms with Gasteiger partial charge in [0.05, 0.1) is 23.1 Å². The zero-order valence-electron chi connectivity index (χ0n) is 17.1. The van der Waals surface area contributed by atoms with E-state index >= 15 is 0 Å². The number of benzene rings is 1. The molecule has 0 radical (unpaired) electrons. The van der Waals surface area contributed by atoms with Gasteiger partial charge < -0.3 is 10.6 Å². The molecule has 2 N–H and O–H groups in total. The summed E-state index contributed by atoms with van der Waals surface area (Å²) in [6.07, 6.45) is 4.29. The van der Waals surface area contributed by atoms with Crippen LogP contribution in [0.5, 0.6) is 0 Å². The van der Waals surface area contributed by atoms with Crippen LogP contribution in [0.15, 0.2) is 24.3 Å². The van der Waals surface area contributed by atoms with E-state index in [1.807, 2.05) is 13.8 Å². The number of amides is 4. The monoisotopic (exact) mass is 399 g/mol. The number of rotatable bonds is 7. The van der Waals surface area contributed by atoms with Gasteiger partial charge in [0, 0.05) is 19.0 Å². The largest absolute Gasteiger partial charge is 0.350 e. The van der Waals surface area contributed by atoms with Crippen molar-refractivity contribution in [2.24, 2.45) is 11.8 Å². The van der Waals surface area contributed by atoms with E-state index in [2.05, 4.69) is 10.6 Å². The van der Waals surface area contributed by atoms with Crippen LogP contribution in [-0.4, -0.2) is 41.1 Å². The molecule has 0 aromatic heterocycles. The second kappa shape index (κ2) is 9.20. The van der Waals surface area contributed by atoms with Crippen LogP contribution in [0, 0.1) is 11.8 Å². The lowest BCUT2D eigenvalue weighted by molar-refractivity contribution is -0.140. The molecule has 29 heavy (non-hydrogen) atoms. The molecular weight excluding hydrogens is 370 g/mol. The molecule has 1 aromatic carbocycles. The van der Waals surface area contributed by atoms with Crippen molar-refractivity contribution in [1.82, 2.24) is 10.2 Å². The number of anilines is 1. The molecule has 2 aliphatic rings. The summed E-state index contributed by atoms with van der Waals surface area (Å²) in [5.41, 5.74) is 0.812. The third kappa shape index (κ3) is 4.66. The van der Waals surface area contributed by atoms with Crippen LogP contribution < -0.4 is 10.6 Å². The number of imide groups is 1. The van der Waals surface area contributed by atoms with E-state index in [0.717, 1.165) is 32.1 Å². The Kier molecular flexibility index (Phi) is 6.67. The third-order valence-corrected chi connectivity index (χ3v) is 5.93. The van der Waals surface area contributed by atoms with Gasteiger partial charge in [0.2, 0.25) is 17.7 Å². The summed E-state index contributed by atoms with van der Waals surface area (Å²) in [5.74, 6) is -1.26. The molecule has 1 saturated carbocycles. The number of nitrogens with zero attached hydrogens (tertiary/aromatic N) is 1. The van der Waals surface area contributed by atoms with Crippen LogP contribution in [0.2, 0.25) is 0 Å². The van der Waals surface area contributed by atoms with E-state index in [9.17, 15) is 19.2 Å². The van der Waals surface area contributed by atoms with Gasteiger partial charge in [-0.25, -0.2) is 0 Å².